The van der Waals surface area contributed by atoms with Gasteiger partial charge in [-0.2, -0.15) is 0 Å². The fourth-order valence-electron chi connectivity index (χ4n) is 3.01. The van der Waals surface area contributed by atoms with Crippen molar-refractivity contribution in [3.63, 3.8) is 0 Å². The van der Waals surface area contributed by atoms with Crippen LogP contribution in [0.2, 0.25) is 6.32 Å². The summed E-state index contributed by atoms with van der Waals surface area (Å²) in [4.78, 5) is 23.3. The van der Waals surface area contributed by atoms with Crippen LogP contribution in [0.4, 0.5) is 0 Å². The average Bonchev–Trinajstić information content (AvgIpc) is 2.53. The second-order valence-corrected chi connectivity index (χ2v) is 7.28. The fourth-order valence-corrected chi connectivity index (χ4v) is 3.01. The lowest BCUT2D eigenvalue weighted by Gasteiger charge is -2.25. The van der Waals surface area contributed by atoms with E-state index in [4.69, 9.17) is 20.5 Å². The Labute approximate surface area is 151 Å². The molecule has 0 spiro atoms. The first-order valence-corrected chi connectivity index (χ1v) is 9.08. The smallest absolute Gasteiger partial charge is 0.451 e. The van der Waals surface area contributed by atoms with Crippen LogP contribution in [0.1, 0.15) is 65.2 Å². The minimum absolute atomic E-state index is 0.159. The fraction of sp³-hybridized carbons (Fsp3) is 0.882. The molecule has 0 aliphatic carbocycles. The molecule has 7 nitrogen and oxygen atoms in total. The lowest BCUT2D eigenvalue weighted by Crippen LogP contribution is -2.47. The van der Waals surface area contributed by atoms with Gasteiger partial charge in [-0.3, -0.25) is 9.59 Å². The number of rotatable bonds is 14. The highest BCUT2D eigenvalue weighted by molar-refractivity contribution is 6.40. The first-order chi connectivity index (χ1) is 11.6. The van der Waals surface area contributed by atoms with Gasteiger partial charge in [0.2, 0.25) is 0 Å². The number of carboxylic acids is 1. The molecule has 25 heavy (non-hydrogen) atoms. The average molecular weight is 359 g/mol. The number of hydrogen-bond acceptors (Lipinski definition) is 6. The van der Waals surface area contributed by atoms with E-state index >= 15 is 0 Å². The van der Waals surface area contributed by atoms with Crippen LogP contribution >= 0.6 is 0 Å². The van der Waals surface area contributed by atoms with Crippen molar-refractivity contribution < 1.29 is 29.5 Å². The maximum Gasteiger partial charge on any atom is 0.451 e. The van der Waals surface area contributed by atoms with E-state index < -0.39 is 18.6 Å². The summed E-state index contributed by atoms with van der Waals surface area (Å²) in [6, 6.07) is 0. The van der Waals surface area contributed by atoms with Gasteiger partial charge < -0.3 is 25.6 Å². The number of nitrogens with two attached hydrogens (primary N) is 1. The van der Waals surface area contributed by atoms with Crippen LogP contribution in [0, 0.1) is 11.8 Å². The Morgan fingerprint density at radius 1 is 1.12 bits per heavy atom. The number of methoxy groups -OCH3 is 1. The van der Waals surface area contributed by atoms with Crippen LogP contribution in [0.3, 0.4) is 0 Å². The van der Waals surface area contributed by atoms with Gasteiger partial charge in [-0.1, -0.05) is 39.5 Å². The zero-order chi connectivity index (χ0) is 19.5. The van der Waals surface area contributed by atoms with E-state index in [1.165, 1.54) is 7.11 Å². The van der Waals surface area contributed by atoms with Crippen LogP contribution in [0.25, 0.3) is 0 Å². The largest absolute Gasteiger partial charge is 0.480 e. The lowest BCUT2D eigenvalue weighted by atomic mass is 9.81. The normalized spacial score (nSPS) is 14.8. The summed E-state index contributed by atoms with van der Waals surface area (Å²) in [5.74, 6) is -1.02. The highest BCUT2D eigenvalue weighted by atomic mass is 16.5. The molecule has 0 rings (SSSR count). The monoisotopic (exact) mass is 359 g/mol. The summed E-state index contributed by atoms with van der Waals surface area (Å²) in [7, 11) is 0.0159. The predicted molar refractivity (Wildman–Crippen MR) is 96.8 cm³/mol. The van der Waals surface area contributed by atoms with Crippen molar-refractivity contribution in [1.82, 2.24) is 0 Å². The van der Waals surface area contributed by atoms with Gasteiger partial charge in [0.25, 0.3) is 0 Å². The quantitative estimate of drug-likeness (QED) is 0.211. The van der Waals surface area contributed by atoms with Crippen molar-refractivity contribution >= 4 is 19.1 Å². The molecule has 5 N–H and O–H groups in total. The molecule has 0 aromatic carbocycles. The SMILES string of the molecule is COC(=O)[C@@H](CCCCC(N)(CCCCB(O)O)C(=O)O)CC(C)C. The number of carbonyl (C=O) groups is 2. The van der Waals surface area contributed by atoms with E-state index in [1.54, 1.807) is 0 Å². The molecule has 0 amide bonds. The van der Waals surface area contributed by atoms with Crippen molar-refractivity contribution in [3.8, 4) is 0 Å². The molecular formula is C17H34BNO6. The number of aliphatic carboxylic acids is 1. The van der Waals surface area contributed by atoms with Gasteiger partial charge in [-0.05, 0) is 37.9 Å². The van der Waals surface area contributed by atoms with Crippen LogP contribution in [-0.4, -0.2) is 46.9 Å². The molecule has 1 unspecified atom stereocenters. The van der Waals surface area contributed by atoms with Crippen molar-refractivity contribution in [2.75, 3.05) is 7.11 Å². The molecule has 0 heterocycles. The van der Waals surface area contributed by atoms with Crippen molar-refractivity contribution in [2.24, 2.45) is 17.6 Å². The summed E-state index contributed by atoms with van der Waals surface area (Å²) in [6.45, 7) is 4.10. The number of hydrogen-bond donors (Lipinski definition) is 4. The third-order valence-electron chi connectivity index (χ3n) is 4.48. The first kappa shape index (κ1) is 23.9. The van der Waals surface area contributed by atoms with E-state index in [-0.39, 0.29) is 18.2 Å². The van der Waals surface area contributed by atoms with Gasteiger partial charge in [-0.25, -0.2) is 0 Å². The van der Waals surface area contributed by atoms with Gasteiger partial charge >= 0.3 is 19.1 Å². The maximum atomic E-state index is 11.8. The first-order valence-electron chi connectivity index (χ1n) is 9.08. The zero-order valence-corrected chi connectivity index (χ0v) is 15.7. The molecular weight excluding hydrogens is 325 g/mol. The van der Waals surface area contributed by atoms with E-state index in [2.05, 4.69) is 13.8 Å². The summed E-state index contributed by atoms with van der Waals surface area (Å²) in [5, 5.41) is 27.0. The number of esters is 1. The van der Waals surface area contributed by atoms with Gasteiger partial charge in [-0.15, -0.1) is 0 Å². The molecule has 0 aliphatic rings. The lowest BCUT2D eigenvalue weighted by molar-refractivity contribution is -0.147. The number of carbonyl (C=O) groups excluding carboxylic acids is 1. The summed E-state index contributed by atoms with van der Waals surface area (Å²) in [5.41, 5.74) is 4.72. The van der Waals surface area contributed by atoms with Crippen LogP contribution < -0.4 is 5.73 Å². The summed E-state index contributed by atoms with van der Waals surface area (Å²) < 4.78 is 4.84. The topological polar surface area (TPSA) is 130 Å². The van der Waals surface area contributed by atoms with Crippen LogP contribution in [0.5, 0.6) is 0 Å². The van der Waals surface area contributed by atoms with Crippen molar-refractivity contribution in [3.05, 3.63) is 0 Å². The number of carboxylic acid groups (broad SMARTS) is 1. The van der Waals surface area contributed by atoms with Gasteiger partial charge in [0.05, 0.1) is 13.0 Å². The van der Waals surface area contributed by atoms with Crippen LogP contribution in [0.15, 0.2) is 0 Å². The molecule has 0 aliphatic heterocycles. The van der Waals surface area contributed by atoms with Gasteiger partial charge in [0, 0.05) is 0 Å². The number of unbranched alkanes of at least 4 members (excludes halogenated alkanes) is 2. The van der Waals surface area contributed by atoms with E-state index in [9.17, 15) is 14.7 Å². The van der Waals surface area contributed by atoms with E-state index in [0.29, 0.717) is 50.9 Å². The summed E-state index contributed by atoms with van der Waals surface area (Å²) in [6.07, 6.45) is 4.64. The Morgan fingerprint density at radius 3 is 2.12 bits per heavy atom. The standard InChI is InChI=1S/C17H34BNO6/c1-13(2)12-14(15(20)25-3)8-4-5-9-17(19,16(21)22)10-6-7-11-18(23)24/h13-14,23-24H,4-12,19H2,1-3H3,(H,21,22)/t14-,17?/m0/s1. The third kappa shape index (κ3) is 10.5. The Kier molecular flexibility index (Phi) is 11.7. The highest BCUT2D eigenvalue weighted by Gasteiger charge is 2.33. The van der Waals surface area contributed by atoms with E-state index in [1.807, 2.05) is 0 Å². The Bertz CT molecular complexity index is 405. The minimum atomic E-state index is -1.37. The second-order valence-electron chi connectivity index (χ2n) is 7.28. The molecule has 0 saturated heterocycles. The Balaban J connectivity index is 4.36. The molecule has 0 fully saturated rings. The van der Waals surface area contributed by atoms with Gasteiger partial charge in [0.15, 0.2) is 0 Å². The zero-order valence-electron chi connectivity index (χ0n) is 15.7. The van der Waals surface area contributed by atoms with Crippen molar-refractivity contribution in [2.45, 2.75) is 77.1 Å². The summed E-state index contributed by atoms with van der Waals surface area (Å²) >= 11 is 0. The number of ether oxygens (including phenoxy) is 1. The highest BCUT2D eigenvalue weighted by Crippen LogP contribution is 2.24. The maximum absolute atomic E-state index is 11.8. The Hall–Kier alpha value is -1.12. The van der Waals surface area contributed by atoms with Crippen LogP contribution in [-0.2, 0) is 14.3 Å². The molecule has 0 saturated carbocycles. The third-order valence-corrected chi connectivity index (χ3v) is 4.48. The minimum Gasteiger partial charge on any atom is -0.480 e. The molecule has 0 bridgehead atoms. The van der Waals surface area contributed by atoms with Gasteiger partial charge in [0.1, 0.15) is 5.54 Å². The molecule has 0 aromatic rings. The molecule has 146 valence electrons. The van der Waals surface area contributed by atoms with E-state index in [0.717, 1.165) is 6.42 Å². The molecule has 0 aromatic heterocycles. The molecule has 0 radical (unpaired) electrons. The molecule has 2 atom stereocenters. The second kappa shape index (κ2) is 12.3. The molecule has 8 heteroatoms. The Morgan fingerprint density at radius 2 is 1.68 bits per heavy atom. The predicted octanol–water partition coefficient (Wildman–Crippen LogP) is 1.81. The van der Waals surface area contributed by atoms with Crippen molar-refractivity contribution in [1.29, 1.82) is 0 Å².